The number of hydrogen-bond donors (Lipinski definition) is 3. The molecule has 35 heavy (non-hydrogen) atoms. The van der Waals surface area contributed by atoms with Crippen molar-refractivity contribution in [2.75, 3.05) is 5.73 Å². The van der Waals surface area contributed by atoms with Gasteiger partial charge in [0.2, 0.25) is 5.91 Å². The molecule has 4 rings (SSSR count). The Kier molecular flexibility index (Phi) is 7.32. The van der Waals surface area contributed by atoms with E-state index in [0.29, 0.717) is 0 Å². The van der Waals surface area contributed by atoms with Crippen LogP contribution in [0, 0.1) is 0 Å². The highest BCUT2D eigenvalue weighted by atomic mass is 32.1. The molecule has 8 heteroatoms. The molecule has 4 aromatic rings. The number of aromatic amines is 1. The zero-order valence-corrected chi connectivity index (χ0v) is 19.6. The average Bonchev–Trinajstić information content (AvgIpc) is 2.86. The van der Waals surface area contributed by atoms with Crippen LogP contribution in [0.4, 0.5) is 5.82 Å². The number of hydrogen-bond acceptors (Lipinski definition) is 5. The molecule has 1 amide bonds. The van der Waals surface area contributed by atoms with Crippen molar-refractivity contribution in [3.05, 3.63) is 134 Å². The van der Waals surface area contributed by atoms with E-state index in [1.807, 2.05) is 91.0 Å². The Morgan fingerprint density at radius 2 is 1.40 bits per heavy atom. The molecule has 0 saturated carbocycles. The molecular weight excluding hydrogens is 460 g/mol. The fourth-order valence-corrected chi connectivity index (χ4v) is 4.27. The fourth-order valence-electron chi connectivity index (χ4n) is 3.95. The number of amides is 1. The van der Waals surface area contributed by atoms with E-state index >= 15 is 0 Å². The van der Waals surface area contributed by atoms with Gasteiger partial charge in [-0.1, -0.05) is 103 Å². The van der Waals surface area contributed by atoms with E-state index in [0.717, 1.165) is 16.7 Å². The lowest BCUT2D eigenvalue weighted by Gasteiger charge is -2.18. The third-order valence-corrected chi connectivity index (χ3v) is 6.00. The summed E-state index contributed by atoms with van der Waals surface area (Å²) in [6, 6.07) is 28.6. The maximum atomic E-state index is 13.0. The first-order valence-electron chi connectivity index (χ1n) is 11.0. The second kappa shape index (κ2) is 10.8. The van der Waals surface area contributed by atoms with Gasteiger partial charge in [0.1, 0.15) is 16.4 Å². The van der Waals surface area contributed by atoms with Crippen molar-refractivity contribution in [3.8, 4) is 0 Å². The molecule has 0 radical (unpaired) electrons. The van der Waals surface area contributed by atoms with Crippen LogP contribution in [0.25, 0.3) is 0 Å². The minimum Gasteiger partial charge on any atom is -0.384 e. The topological polar surface area (TPSA) is 110 Å². The number of carbonyl (C=O) groups excluding carboxylic acids is 1. The van der Waals surface area contributed by atoms with Gasteiger partial charge in [0, 0.05) is 12.3 Å². The Labute approximate surface area is 207 Å². The molecule has 0 fully saturated rings. The molecule has 0 saturated heterocycles. The minimum absolute atomic E-state index is 0.101. The summed E-state index contributed by atoms with van der Waals surface area (Å²) in [4.78, 5) is 40.1. The van der Waals surface area contributed by atoms with Crippen molar-refractivity contribution >= 4 is 28.9 Å². The number of nitrogens with two attached hydrogens (primary N) is 1. The van der Waals surface area contributed by atoms with Gasteiger partial charge < -0.3 is 11.1 Å². The number of nitrogen functional groups attached to an aromatic ring is 1. The molecular formula is C27H24N4O3S. The zero-order chi connectivity index (χ0) is 24.8. The fraction of sp³-hybridized carbons (Fsp3) is 0.111. The first kappa shape index (κ1) is 23.8. The van der Waals surface area contributed by atoms with Crippen LogP contribution in [-0.4, -0.2) is 20.4 Å². The van der Waals surface area contributed by atoms with Crippen molar-refractivity contribution in [1.82, 2.24) is 14.9 Å². The number of aromatic nitrogens is 2. The van der Waals surface area contributed by atoms with Gasteiger partial charge in [0.15, 0.2) is 0 Å². The summed E-state index contributed by atoms with van der Waals surface area (Å²) < 4.78 is 1.22. The monoisotopic (exact) mass is 484 g/mol. The van der Waals surface area contributed by atoms with Gasteiger partial charge >= 0.3 is 5.69 Å². The number of nitrogens with zero attached hydrogens (tertiary/aromatic N) is 1. The molecule has 4 N–H and O–H groups in total. The number of nitrogens with one attached hydrogen (secondary N) is 2. The highest BCUT2D eigenvalue weighted by molar-refractivity contribution is 7.80. The molecule has 0 aliphatic carbocycles. The molecule has 1 aromatic heterocycles. The standard InChI is InChI=1S/C27H24N4O3S/c28-24-23(25(33)30-27(34)31(24)17-18-10-4-1-5-11-18)26(35)29-22(32)16-21(19-12-6-2-7-13-19)20-14-8-3-9-15-20/h1-15,21H,16-17,28H2,(H,29,32,35)(H,30,33,34). The van der Waals surface area contributed by atoms with Crippen LogP contribution in [-0.2, 0) is 11.3 Å². The largest absolute Gasteiger partial charge is 0.384 e. The van der Waals surface area contributed by atoms with Gasteiger partial charge in [-0.15, -0.1) is 0 Å². The summed E-state index contributed by atoms with van der Waals surface area (Å²) >= 11 is 5.38. The molecule has 0 aliphatic rings. The minimum atomic E-state index is -0.746. The van der Waals surface area contributed by atoms with Crippen molar-refractivity contribution in [2.45, 2.75) is 18.9 Å². The van der Waals surface area contributed by atoms with Crippen LogP contribution in [0.15, 0.2) is 101 Å². The van der Waals surface area contributed by atoms with Crippen LogP contribution >= 0.6 is 12.2 Å². The lowest BCUT2D eigenvalue weighted by atomic mass is 9.88. The van der Waals surface area contributed by atoms with Gasteiger partial charge in [0.05, 0.1) is 6.54 Å². The maximum Gasteiger partial charge on any atom is 0.330 e. The first-order chi connectivity index (χ1) is 16.9. The van der Waals surface area contributed by atoms with Crippen molar-refractivity contribution in [3.63, 3.8) is 0 Å². The molecule has 0 unspecified atom stereocenters. The number of rotatable bonds is 7. The summed E-state index contributed by atoms with van der Waals surface area (Å²) in [7, 11) is 0. The molecule has 0 spiro atoms. The summed E-state index contributed by atoms with van der Waals surface area (Å²) in [5, 5.41) is 2.64. The predicted molar refractivity (Wildman–Crippen MR) is 140 cm³/mol. The van der Waals surface area contributed by atoms with E-state index in [1.165, 1.54) is 4.57 Å². The van der Waals surface area contributed by atoms with Gasteiger partial charge in [0.25, 0.3) is 5.56 Å². The molecule has 176 valence electrons. The summed E-state index contributed by atoms with van der Waals surface area (Å²) in [6.45, 7) is 0.149. The number of benzene rings is 3. The van der Waals surface area contributed by atoms with Gasteiger partial charge in [-0.05, 0) is 16.7 Å². The van der Waals surface area contributed by atoms with E-state index in [4.69, 9.17) is 18.0 Å². The second-order valence-electron chi connectivity index (χ2n) is 8.05. The summed E-state index contributed by atoms with van der Waals surface area (Å²) in [5.41, 5.74) is 7.47. The van der Waals surface area contributed by atoms with Crippen LogP contribution in [0.1, 0.15) is 34.6 Å². The van der Waals surface area contributed by atoms with Crippen LogP contribution < -0.4 is 22.3 Å². The molecule has 7 nitrogen and oxygen atoms in total. The van der Waals surface area contributed by atoms with E-state index in [9.17, 15) is 14.4 Å². The van der Waals surface area contributed by atoms with E-state index < -0.39 is 11.2 Å². The Morgan fingerprint density at radius 1 is 0.886 bits per heavy atom. The SMILES string of the molecule is Nc1c(C(=S)NC(=O)CC(c2ccccc2)c2ccccc2)c(=O)[nH]c(=O)n1Cc1ccccc1. The van der Waals surface area contributed by atoms with Gasteiger partial charge in [-0.3, -0.25) is 19.1 Å². The van der Waals surface area contributed by atoms with E-state index in [1.54, 1.807) is 0 Å². The average molecular weight is 485 g/mol. The van der Waals surface area contributed by atoms with Crippen LogP contribution in [0.3, 0.4) is 0 Å². The predicted octanol–water partition coefficient (Wildman–Crippen LogP) is 3.18. The van der Waals surface area contributed by atoms with Crippen molar-refractivity contribution < 1.29 is 4.79 Å². The van der Waals surface area contributed by atoms with E-state index in [-0.39, 0.29) is 41.2 Å². The third kappa shape index (κ3) is 5.62. The highest BCUT2D eigenvalue weighted by Gasteiger charge is 2.22. The highest BCUT2D eigenvalue weighted by Crippen LogP contribution is 2.27. The van der Waals surface area contributed by atoms with E-state index in [2.05, 4.69) is 10.3 Å². The van der Waals surface area contributed by atoms with Gasteiger partial charge in [-0.25, -0.2) is 4.79 Å². The number of carbonyl (C=O) groups is 1. The number of anilines is 1. The Hall–Kier alpha value is -4.30. The van der Waals surface area contributed by atoms with Crippen LogP contribution in [0.5, 0.6) is 0 Å². The molecule has 3 aromatic carbocycles. The Bertz CT molecular complexity index is 1410. The summed E-state index contributed by atoms with van der Waals surface area (Å²) in [5.74, 6) is -0.675. The third-order valence-electron chi connectivity index (χ3n) is 5.70. The second-order valence-corrected chi connectivity index (χ2v) is 8.45. The van der Waals surface area contributed by atoms with Gasteiger partial charge in [-0.2, -0.15) is 0 Å². The Balaban J connectivity index is 1.58. The maximum absolute atomic E-state index is 13.0. The normalized spacial score (nSPS) is 10.8. The molecule has 0 atom stereocenters. The van der Waals surface area contributed by atoms with Crippen molar-refractivity contribution in [1.29, 1.82) is 0 Å². The first-order valence-corrected chi connectivity index (χ1v) is 11.5. The summed E-state index contributed by atoms with van der Waals surface area (Å²) in [6.07, 6.45) is 0.107. The zero-order valence-electron chi connectivity index (χ0n) is 18.8. The van der Waals surface area contributed by atoms with Crippen LogP contribution in [0.2, 0.25) is 0 Å². The number of H-pyrrole nitrogens is 1. The van der Waals surface area contributed by atoms with Crippen molar-refractivity contribution in [2.24, 2.45) is 0 Å². The molecule has 0 aliphatic heterocycles. The number of thiocarbonyl (C=S) groups is 1. The molecule has 0 bridgehead atoms. The quantitative estimate of drug-likeness (QED) is 0.349. The molecule has 1 heterocycles. The lowest BCUT2D eigenvalue weighted by Crippen LogP contribution is -2.41. The Morgan fingerprint density at radius 3 is 1.94 bits per heavy atom. The lowest BCUT2D eigenvalue weighted by molar-refractivity contribution is -0.119. The smallest absolute Gasteiger partial charge is 0.330 e.